The Morgan fingerprint density at radius 2 is 2.27 bits per heavy atom. The van der Waals surface area contributed by atoms with E-state index in [1.165, 1.54) is 0 Å². The second kappa shape index (κ2) is 3.30. The Kier molecular flexibility index (Phi) is 2.38. The number of quaternary nitrogens is 1. The molecule has 1 aromatic carbocycles. The lowest BCUT2D eigenvalue weighted by atomic mass is 10.2. The second-order valence-electron chi connectivity index (χ2n) is 2.13. The summed E-state index contributed by atoms with van der Waals surface area (Å²) in [6, 6.07) is 6.63. The first-order valence-electron chi connectivity index (χ1n) is 3.20. The van der Waals surface area contributed by atoms with E-state index >= 15 is 0 Å². The van der Waals surface area contributed by atoms with Crippen LogP contribution in [0.1, 0.15) is 5.56 Å². The van der Waals surface area contributed by atoms with E-state index in [2.05, 4.69) is 6.58 Å². The SMILES string of the molecule is C=Cc1cccc([NH+]([O-])O)c1. The van der Waals surface area contributed by atoms with Gasteiger partial charge in [-0.1, -0.05) is 24.8 Å². The maximum Gasteiger partial charge on any atom is 0.164 e. The van der Waals surface area contributed by atoms with Gasteiger partial charge in [0.25, 0.3) is 0 Å². The maximum absolute atomic E-state index is 10.4. The van der Waals surface area contributed by atoms with Gasteiger partial charge in [0.05, 0.1) is 0 Å². The van der Waals surface area contributed by atoms with Gasteiger partial charge in [0.2, 0.25) is 0 Å². The van der Waals surface area contributed by atoms with Crippen LogP contribution in [0.2, 0.25) is 0 Å². The third-order valence-corrected chi connectivity index (χ3v) is 1.37. The lowest BCUT2D eigenvalue weighted by molar-refractivity contribution is -0.991. The standard InChI is InChI=1S/C8H9NO2/c1-2-7-4-3-5-8(6-7)9(10)11/h2-6,9-10H,1H2. The van der Waals surface area contributed by atoms with Crippen molar-refractivity contribution in [2.24, 2.45) is 0 Å². The summed E-state index contributed by atoms with van der Waals surface area (Å²) in [5, 5.41) is 18.1. The molecule has 0 saturated carbocycles. The van der Waals surface area contributed by atoms with E-state index in [4.69, 9.17) is 5.21 Å². The Morgan fingerprint density at radius 1 is 1.55 bits per heavy atom. The van der Waals surface area contributed by atoms with Crippen molar-refractivity contribution in [3.63, 3.8) is 0 Å². The van der Waals surface area contributed by atoms with Gasteiger partial charge in [-0.15, -0.1) is 0 Å². The van der Waals surface area contributed by atoms with Crippen molar-refractivity contribution >= 4 is 11.8 Å². The van der Waals surface area contributed by atoms with E-state index in [0.717, 1.165) is 5.56 Å². The summed E-state index contributed by atoms with van der Waals surface area (Å²) >= 11 is 0. The predicted octanol–water partition coefficient (Wildman–Crippen LogP) is 0.733. The van der Waals surface area contributed by atoms with E-state index in [9.17, 15) is 5.21 Å². The van der Waals surface area contributed by atoms with Gasteiger partial charge < -0.3 is 5.21 Å². The van der Waals surface area contributed by atoms with E-state index in [1.807, 2.05) is 0 Å². The number of nitrogens with one attached hydrogen (secondary N) is 1. The predicted molar refractivity (Wildman–Crippen MR) is 42.3 cm³/mol. The second-order valence-corrected chi connectivity index (χ2v) is 2.13. The van der Waals surface area contributed by atoms with E-state index in [0.29, 0.717) is 5.69 Å². The van der Waals surface area contributed by atoms with Crippen molar-refractivity contribution in [3.05, 3.63) is 41.6 Å². The average molecular weight is 151 g/mol. The lowest BCUT2D eigenvalue weighted by Crippen LogP contribution is -2.99. The molecule has 1 rings (SSSR count). The fourth-order valence-electron chi connectivity index (χ4n) is 0.799. The molecule has 0 aromatic heterocycles. The summed E-state index contributed by atoms with van der Waals surface area (Å²) in [4.78, 5) is 0. The van der Waals surface area contributed by atoms with Gasteiger partial charge in [-0.25, -0.2) is 5.21 Å². The highest BCUT2D eigenvalue weighted by atomic mass is 16.8. The van der Waals surface area contributed by atoms with Crippen molar-refractivity contribution < 1.29 is 10.4 Å². The molecule has 3 heteroatoms. The van der Waals surface area contributed by atoms with Crippen LogP contribution in [0.15, 0.2) is 30.8 Å². The first kappa shape index (κ1) is 7.94. The number of rotatable bonds is 2. The molecule has 1 unspecified atom stereocenters. The first-order chi connectivity index (χ1) is 5.24. The van der Waals surface area contributed by atoms with Crippen LogP contribution >= 0.6 is 0 Å². The number of hydrogen-bond donors (Lipinski definition) is 2. The average Bonchev–Trinajstić information content (AvgIpc) is 2.05. The molecule has 3 nitrogen and oxygen atoms in total. The molecule has 1 aromatic rings. The fraction of sp³-hybridized carbons (Fsp3) is 0. The molecule has 11 heavy (non-hydrogen) atoms. The van der Waals surface area contributed by atoms with Gasteiger partial charge in [0.15, 0.2) is 5.69 Å². The number of hydrogen-bond acceptors (Lipinski definition) is 2. The highest BCUT2D eigenvalue weighted by molar-refractivity contribution is 5.51. The summed E-state index contributed by atoms with van der Waals surface area (Å²) in [5.74, 6) is 0. The van der Waals surface area contributed by atoms with Crippen LogP contribution in [0.5, 0.6) is 0 Å². The van der Waals surface area contributed by atoms with Crippen LogP contribution < -0.4 is 5.23 Å². The minimum atomic E-state index is -0.909. The highest BCUT2D eigenvalue weighted by Gasteiger charge is 1.97. The zero-order valence-corrected chi connectivity index (χ0v) is 5.95. The van der Waals surface area contributed by atoms with Crippen LogP contribution in [0, 0.1) is 5.21 Å². The summed E-state index contributed by atoms with van der Waals surface area (Å²) in [6.45, 7) is 3.54. The Balaban J connectivity index is 3.00. The molecule has 1 atom stereocenters. The molecule has 58 valence electrons. The molecule has 0 heterocycles. The zero-order chi connectivity index (χ0) is 8.27. The molecule has 0 aliphatic heterocycles. The molecule has 0 fully saturated rings. The minimum absolute atomic E-state index is 0.294. The topological polar surface area (TPSA) is 47.7 Å². The largest absolute Gasteiger partial charge is 0.595 e. The molecular formula is C8H9NO2. The van der Waals surface area contributed by atoms with Crippen molar-refractivity contribution in [2.75, 3.05) is 0 Å². The Hall–Kier alpha value is -1.16. The van der Waals surface area contributed by atoms with Crippen LogP contribution in [-0.2, 0) is 0 Å². The molecule has 0 amide bonds. The molecule has 2 N–H and O–H groups in total. The summed E-state index contributed by atoms with van der Waals surface area (Å²) in [7, 11) is 0. The van der Waals surface area contributed by atoms with Gasteiger partial charge in [0, 0.05) is 12.1 Å². The zero-order valence-electron chi connectivity index (χ0n) is 5.95. The van der Waals surface area contributed by atoms with E-state index < -0.39 is 5.23 Å². The fourth-order valence-corrected chi connectivity index (χ4v) is 0.799. The number of benzene rings is 1. The van der Waals surface area contributed by atoms with E-state index in [1.54, 1.807) is 30.3 Å². The summed E-state index contributed by atoms with van der Waals surface area (Å²) in [6.07, 6.45) is 1.62. The molecular weight excluding hydrogens is 142 g/mol. The van der Waals surface area contributed by atoms with Crippen LogP contribution in [0.3, 0.4) is 0 Å². The highest BCUT2D eigenvalue weighted by Crippen LogP contribution is 2.06. The van der Waals surface area contributed by atoms with Gasteiger partial charge in [-0.3, -0.25) is 0 Å². The molecule has 0 saturated heterocycles. The maximum atomic E-state index is 10.4. The van der Waals surface area contributed by atoms with Crippen LogP contribution in [0.4, 0.5) is 5.69 Å². The van der Waals surface area contributed by atoms with Crippen molar-refractivity contribution in [3.8, 4) is 0 Å². The van der Waals surface area contributed by atoms with Gasteiger partial charge in [-0.05, 0) is 5.56 Å². The Labute approximate surface area is 64.7 Å². The molecule has 0 bridgehead atoms. The van der Waals surface area contributed by atoms with Gasteiger partial charge in [-0.2, -0.15) is 5.23 Å². The Morgan fingerprint density at radius 3 is 2.82 bits per heavy atom. The molecule has 0 aliphatic carbocycles. The van der Waals surface area contributed by atoms with Crippen molar-refractivity contribution in [1.82, 2.24) is 0 Å². The summed E-state index contributed by atoms with van der Waals surface area (Å²) < 4.78 is 0. The third-order valence-electron chi connectivity index (χ3n) is 1.37. The van der Waals surface area contributed by atoms with Crippen LogP contribution in [0.25, 0.3) is 6.08 Å². The first-order valence-corrected chi connectivity index (χ1v) is 3.20. The van der Waals surface area contributed by atoms with Crippen molar-refractivity contribution in [1.29, 1.82) is 0 Å². The Bertz CT molecular complexity index is 258. The van der Waals surface area contributed by atoms with Gasteiger partial charge in [0.1, 0.15) is 0 Å². The minimum Gasteiger partial charge on any atom is -0.595 e. The summed E-state index contributed by atoms with van der Waals surface area (Å²) in [5.41, 5.74) is 1.12. The monoisotopic (exact) mass is 151 g/mol. The lowest BCUT2D eigenvalue weighted by Gasteiger charge is -2.11. The normalized spacial score (nSPS) is 12.5. The molecule has 0 radical (unpaired) electrons. The smallest absolute Gasteiger partial charge is 0.164 e. The third kappa shape index (κ3) is 1.88. The van der Waals surface area contributed by atoms with Crippen molar-refractivity contribution in [2.45, 2.75) is 0 Å². The van der Waals surface area contributed by atoms with Gasteiger partial charge >= 0.3 is 0 Å². The van der Waals surface area contributed by atoms with E-state index in [-0.39, 0.29) is 0 Å². The quantitative estimate of drug-likeness (QED) is 0.612. The molecule has 0 aliphatic rings. The van der Waals surface area contributed by atoms with Crippen LogP contribution in [-0.4, -0.2) is 5.21 Å². The molecule has 0 spiro atoms.